The zero-order valence-corrected chi connectivity index (χ0v) is 31.5. The molecule has 0 fully saturated rings. The molecule has 0 saturated heterocycles. The van der Waals surface area contributed by atoms with Gasteiger partial charge in [0.15, 0.2) is 0 Å². The second kappa shape index (κ2) is 10.5. The van der Waals surface area contributed by atoms with Gasteiger partial charge < -0.3 is 0 Å². The lowest BCUT2D eigenvalue weighted by molar-refractivity contribution is 1.64. The van der Waals surface area contributed by atoms with Gasteiger partial charge in [-0.1, -0.05) is 69.6 Å². The van der Waals surface area contributed by atoms with Gasteiger partial charge in [-0.15, -0.1) is 33.2 Å². The monoisotopic (exact) mass is 816 g/mol. The summed E-state index contributed by atoms with van der Waals surface area (Å²) in [6.07, 6.45) is 0. The van der Waals surface area contributed by atoms with Crippen LogP contribution in [0.4, 0.5) is 0 Å². The van der Waals surface area contributed by atoms with Gasteiger partial charge in [0.2, 0.25) is 0 Å². The largest absolute Gasteiger partial charge is 0.374 e. The van der Waals surface area contributed by atoms with Crippen molar-refractivity contribution in [3.05, 3.63) is 57.1 Å². The van der Waals surface area contributed by atoms with Crippen LogP contribution in [0.15, 0.2) is 6.07 Å². The van der Waals surface area contributed by atoms with E-state index in [0.29, 0.717) is 53.1 Å². The molecule has 0 saturated carbocycles. The minimum atomic E-state index is -3.72. The maximum Gasteiger partial charge on any atom is 0.374 e. The van der Waals surface area contributed by atoms with Gasteiger partial charge in [-0.2, -0.15) is 50.5 Å². The molecule has 7 rings (SSSR count). The number of benzene rings is 7. The highest BCUT2D eigenvalue weighted by Crippen LogP contribution is 2.57. The van der Waals surface area contributed by atoms with E-state index in [-0.39, 0.29) is 25.1 Å². The van der Waals surface area contributed by atoms with Crippen LogP contribution < -0.4 is 26.1 Å². The molecule has 0 aromatic heterocycles. The van der Waals surface area contributed by atoms with Crippen molar-refractivity contribution in [2.45, 2.75) is 0 Å². The second-order valence-corrected chi connectivity index (χ2v) is 21.3. The Hall–Kier alpha value is 0.587. The van der Waals surface area contributed by atoms with Crippen LogP contribution in [-0.4, -0.2) is 6.00 Å². The summed E-state index contributed by atoms with van der Waals surface area (Å²) in [5, 5.41) is 19.5. The number of halogens is 9. The van der Waals surface area contributed by atoms with Gasteiger partial charge in [0.1, 0.15) is 0 Å². The topological polar surface area (TPSA) is 0 Å². The molecule has 212 valence electrons. The van der Waals surface area contributed by atoms with E-state index >= 15 is 0 Å². The molecule has 0 atom stereocenters. The molecule has 0 radical (unpaired) electrons. The van der Waals surface area contributed by atoms with Crippen LogP contribution in [0.3, 0.4) is 0 Å². The first-order chi connectivity index (χ1) is 19.9. The molecule has 0 aliphatic heterocycles. The Morgan fingerprint density at radius 3 is 1.33 bits per heavy atom. The first-order valence-corrected chi connectivity index (χ1v) is 21.1. The van der Waals surface area contributed by atoms with Gasteiger partial charge in [-0.25, -0.2) is 0 Å². The van der Waals surface area contributed by atoms with Gasteiger partial charge in [0.05, 0.1) is 30.1 Å². The van der Waals surface area contributed by atoms with Crippen LogP contribution in [0.25, 0.3) is 86.3 Å². The highest BCUT2D eigenvalue weighted by molar-refractivity contribution is 7.89. The Kier molecular flexibility index (Phi) is 7.84. The van der Waals surface area contributed by atoms with Crippen LogP contribution in [0.1, 0.15) is 0 Å². The Labute approximate surface area is 304 Å². The lowest BCUT2D eigenvalue weighted by Gasteiger charge is -2.27. The van der Waals surface area contributed by atoms with Crippen molar-refractivity contribution in [1.29, 1.82) is 0 Å². The van der Waals surface area contributed by atoms with E-state index < -0.39 is 6.00 Å². The van der Waals surface area contributed by atoms with Crippen LogP contribution in [0.5, 0.6) is 0 Å². The molecular formula is C28H9Cl9S4Si. The third-order valence-corrected chi connectivity index (χ3v) is 14.4. The number of hydrogen-bond donors (Lipinski definition) is 4. The summed E-state index contributed by atoms with van der Waals surface area (Å²) in [6.45, 7) is 0. The van der Waals surface area contributed by atoms with Gasteiger partial charge in [0, 0.05) is 48.3 Å². The molecule has 42 heavy (non-hydrogen) atoms. The molecule has 14 heteroatoms. The molecule has 0 aliphatic rings. The van der Waals surface area contributed by atoms with E-state index in [4.69, 9.17) is 103 Å². The maximum absolute atomic E-state index is 7.12. The summed E-state index contributed by atoms with van der Waals surface area (Å²) in [6, 6.07) is -1.78. The highest BCUT2D eigenvalue weighted by atomic mass is 35.8. The van der Waals surface area contributed by atoms with Crippen molar-refractivity contribution in [2.75, 3.05) is 0 Å². The minimum absolute atomic E-state index is 0.169. The Morgan fingerprint density at radius 1 is 0.429 bits per heavy atom. The summed E-state index contributed by atoms with van der Waals surface area (Å²) in [5.74, 6) is 0. The molecule has 7 aromatic carbocycles. The number of thiol groups is 4. The van der Waals surface area contributed by atoms with E-state index in [1.807, 2.05) is 6.07 Å². The van der Waals surface area contributed by atoms with E-state index in [1.54, 1.807) is 21.6 Å². The van der Waals surface area contributed by atoms with Crippen LogP contribution in [0.2, 0.25) is 30.1 Å². The quantitative estimate of drug-likeness (QED) is 0.0410. The predicted molar refractivity (Wildman–Crippen MR) is 210 cm³/mol. The molecule has 0 amide bonds. The molecule has 0 unspecified atom stereocenters. The number of hydrogen-bond acceptors (Lipinski definition) is 4. The van der Waals surface area contributed by atoms with Crippen molar-refractivity contribution >= 4 is 251 Å². The summed E-state index contributed by atoms with van der Waals surface area (Å²) in [4.78, 5) is 0. The van der Waals surface area contributed by atoms with Crippen LogP contribution in [0, 0.1) is 0 Å². The Bertz CT molecular complexity index is 2610. The molecule has 0 heterocycles. The molecule has 0 spiro atoms. The van der Waals surface area contributed by atoms with Gasteiger partial charge in [-0.3, -0.25) is 0 Å². The van der Waals surface area contributed by atoms with Gasteiger partial charge in [-0.05, 0) is 70.1 Å². The van der Waals surface area contributed by atoms with Crippen molar-refractivity contribution in [3.8, 4) is 0 Å². The van der Waals surface area contributed by atoms with Crippen molar-refractivity contribution in [2.24, 2.45) is 0 Å². The normalized spacial score (nSPS) is 15.4. The highest BCUT2D eigenvalue weighted by Gasteiger charge is 2.38. The van der Waals surface area contributed by atoms with E-state index in [2.05, 4.69) is 50.5 Å². The fourth-order valence-electron chi connectivity index (χ4n) is 6.56. The summed E-state index contributed by atoms with van der Waals surface area (Å²) >= 11 is 81.2. The Balaban J connectivity index is 2.19. The first-order valence-electron chi connectivity index (χ1n) is 11.7. The zero-order chi connectivity index (χ0) is 30.3. The van der Waals surface area contributed by atoms with E-state index in [0.717, 1.165) is 42.6 Å². The average Bonchev–Trinajstić information content (AvgIpc) is 2.96. The van der Waals surface area contributed by atoms with Crippen LogP contribution >= 0.6 is 153 Å². The van der Waals surface area contributed by atoms with E-state index in [1.165, 1.54) is 0 Å². The summed E-state index contributed by atoms with van der Waals surface area (Å²) in [7, 11) is 0. The standard InChI is InChI=1S/C28H9Cl9S4Si/c29-22-7-1-6(2-38)11-8(3-39)9(4-40)12-10(5-41)28(42(35,36)37)21-18-15(12)14(11)13(7)16-17(18)20(26(33)27(21)34)25(32)24(31)19(16)23(22)30/h1-5,38-41H. The van der Waals surface area contributed by atoms with Crippen molar-refractivity contribution in [1.82, 2.24) is 0 Å². The first kappa shape index (κ1) is 31.2. The summed E-state index contributed by atoms with van der Waals surface area (Å²) < 4.78 is 0. The molecule has 7 aromatic rings. The number of rotatable bonds is 1. The fraction of sp³-hybridized carbons (Fsp3) is 0. The molecular weight excluding hydrogens is 812 g/mol. The van der Waals surface area contributed by atoms with Crippen molar-refractivity contribution in [3.63, 3.8) is 0 Å². The molecule has 0 nitrogen and oxygen atoms in total. The predicted octanol–water partition coefficient (Wildman–Crippen LogP) is 10.4. The third kappa shape index (κ3) is 3.73. The minimum Gasteiger partial charge on any atom is -0.151 e. The lowest BCUT2D eigenvalue weighted by atomic mass is 9.81. The second-order valence-electron chi connectivity index (χ2n) is 9.65. The van der Waals surface area contributed by atoms with Gasteiger partial charge in [0.25, 0.3) is 0 Å². The SMILES string of the molecule is SC=c1cc2c(Cl)c(Cl)c3c(Cl)c(Cl)c4c(Cl)c(Cl)c5c([Si](Cl)(Cl)Cl)c(=CS)c6c(=CS)c(=CS)c1c1c2c3c4c5c61. The average molecular weight is 821 g/mol. The van der Waals surface area contributed by atoms with Gasteiger partial charge >= 0.3 is 6.00 Å². The zero-order valence-electron chi connectivity index (χ0n) is 20.1. The maximum atomic E-state index is 7.12. The lowest BCUT2D eigenvalue weighted by Crippen LogP contribution is -2.46. The molecule has 0 aliphatic carbocycles. The van der Waals surface area contributed by atoms with E-state index in [9.17, 15) is 0 Å². The molecule has 0 bridgehead atoms. The Morgan fingerprint density at radius 2 is 0.833 bits per heavy atom. The molecule has 0 N–H and O–H groups in total. The van der Waals surface area contributed by atoms with Crippen molar-refractivity contribution < 1.29 is 0 Å². The smallest absolute Gasteiger partial charge is 0.151 e. The fourth-order valence-corrected chi connectivity index (χ4v) is 12.3. The third-order valence-electron chi connectivity index (χ3n) is 7.95. The van der Waals surface area contributed by atoms with Crippen LogP contribution in [-0.2, 0) is 0 Å². The summed E-state index contributed by atoms with van der Waals surface area (Å²) in [5.41, 5.74) is 0.